The van der Waals surface area contributed by atoms with Gasteiger partial charge in [0.05, 0.1) is 6.61 Å². The summed E-state index contributed by atoms with van der Waals surface area (Å²) >= 11 is 0. The van der Waals surface area contributed by atoms with E-state index in [1.165, 1.54) is 6.08 Å². The topological polar surface area (TPSA) is 99.8 Å². The van der Waals surface area contributed by atoms with Gasteiger partial charge in [-0.1, -0.05) is 0 Å². The van der Waals surface area contributed by atoms with Crippen LogP contribution in [0.4, 0.5) is 0 Å². The molecule has 0 radical (unpaired) electrons. The molecule has 1 amide bonds. The Morgan fingerprint density at radius 1 is 1.53 bits per heavy atom. The van der Waals surface area contributed by atoms with Gasteiger partial charge in [-0.25, -0.2) is 4.79 Å². The van der Waals surface area contributed by atoms with E-state index in [0.29, 0.717) is 11.5 Å². The molecule has 0 saturated heterocycles. The van der Waals surface area contributed by atoms with E-state index in [-0.39, 0.29) is 0 Å². The van der Waals surface area contributed by atoms with Crippen LogP contribution in [0.3, 0.4) is 0 Å². The summed E-state index contributed by atoms with van der Waals surface area (Å²) in [5.74, 6) is -0.694. The van der Waals surface area contributed by atoms with Gasteiger partial charge in [0.25, 0.3) is 0 Å². The Labute approximate surface area is 97.6 Å². The minimum absolute atomic E-state index is 0.494. The number of carbonyl (C=O) groups excluding carboxylic acids is 1. The molecular formula is C11H13NO5. The molecule has 0 aromatic carbocycles. The third kappa shape index (κ3) is 4.12. The van der Waals surface area contributed by atoms with E-state index >= 15 is 0 Å². The van der Waals surface area contributed by atoms with Gasteiger partial charge >= 0.3 is 5.97 Å². The molecule has 0 aliphatic heterocycles. The lowest BCUT2D eigenvalue weighted by molar-refractivity contribution is -0.142. The average molecular weight is 239 g/mol. The number of aliphatic hydroxyl groups is 1. The maximum absolute atomic E-state index is 11.3. The molecule has 1 aromatic heterocycles. The zero-order valence-corrected chi connectivity index (χ0v) is 9.21. The minimum Gasteiger partial charge on any atom is -0.480 e. The lowest BCUT2D eigenvalue weighted by atomic mass is 10.3. The summed E-state index contributed by atoms with van der Waals surface area (Å²) in [6.07, 6.45) is 2.56. The van der Waals surface area contributed by atoms with Gasteiger partial charge in [0.2, 0.25) is 5.91 Å². The predicted molar refractivity (Wildman–Crippen MR) is 59.1 cm³/mol. The smallest absolute Gasteiger partial charge is 0.328 e. The van der Waals surface area contributed by atoms with Gasteiger partial charge in [0, 0.05) is 6.08 Å². The normalized spacial score (nSPS) is 12.6. The lowest BCUT2D eigenvalue weighted by Gasteiger charge is -2.08. The molecule has 0 aliphatic carbocycles. The summed E-state index contributed by atoms with van der Waals surface area (Å²) in [5, 5.41) is 19.4. The van der Waals surface area contributed by atoms with Crippen molar-refractivity contribution < 1.29 is 24.2 Å². The highest BCUT2D eigenvalue weighted by Gasteiger charge is 2.17. The Kier molecular flexibility index (Phi) is 4.47. The van der Waals surface area contributed by atoms with Crippen molar-refractivity contribution in [2.75, 3.05) is 6.61 Å². The van der Waals surface area contributed by atoms with Crippen molar-refractivity contribution in [3.8, 4) is 0 Å². The molecule has 6 nitrogen and oxygen atoms in total. The third-order valence-corrected chi connectivity index (χ3v) is 1.96. The number of aliphatic carboxylic acids is 1. The molecule has 0 spiro atoms. The molecule has 1 heterocycles. The molecule has 3 N–H and O–H groups in total. The van der Waals surface area contributed by atoms with E-state index in [9.17, 15) is 9.59 Å². The first kappa shape index (κ1) is 13.0. The van der Waals surface area contributed by atoms with Gasteiger partial charge < -0.3 is 19.9 Å². The SMILES string of the molecule is Cc1ccc(/C=C/C(=O)N[C@H](CO)C(=O)O)o1. The van der Waals surface area contributed by atoms with Crippen molar-refractivity contribution in [1.29, 1.82) is 0 Å². The van der Waals surface area contributed by atoms with E-state index in [2.05, 4.69) is 5.32 Å². The van der Waals surface area contributed by atoms with Gasteiger partial charge in [0.15, 0.2) is 6.04 Å². The monoisotopic (exact) mass is 239 g/mol. The van der Waals surface area contributed by atoms with Gasteiger partial charge in [-0.05, 0) is 25.1 Å². The number of aryl methyl sites for hydroxylation is 1. The molecule has 17 heavy (non-hydrogen) atoms. The van der Waals surface area contributed by atoms with Crippen LogP contribution in [0.5, 0.6) is 0 Å². The van der Waals surface area contributed by atoms with Gasteiger partial charge in [-0.3, -0.25) is 4.79 Å². The van der Waals surface area contributed by atoms with E-state index in [1.54, 1.807) is 19.1 Å². The Hall–Kier alpha value is -2.08. The number of carboxylic acid groups (broad SMARTS) is 1. The molecule has 0 saturated carbocycles. The zero-order valence-electron chi connectivity index (χ0n) is 9.21. The van der Waals surface area contributed by atoms with Crippen LogP contribution < -0.4 is 5.32 Å². The third-order valence-electron chi connectivity index (χ3n) is 1.96. The number of hydrogen-bond donors (Lipinski definition) is 3. The van der Waals surface area contributed by atoms with Crippen molar-refractivity contribution >= 4 is 18.0 Å². The summed E-state index contributed by atoms with van der Waals surface area (Å²) in [6, 6.07) is 2.12. The molecule has 0 fully saturated rings. The highest BCUT2D eigenvalue weighted by atomic mass is 16.4. The van der Waals surface area contributed by atoms with Crippen LogP contribution in [-0.4, -0.2) is 34.7 Å². The number of nitrogens with one attached hydrogen (secondary N) is 1. The number of carboxylic acids is 1. The molecule has 92 valence electrons. The number of aliphatic hydroxyl groups excluding tert-OH is 1. The van der Waals surface area contributed by atoms with Gasteiger partial charge in [-0.2, -0.15) is 0 Å². The first-order valence-corrected chi connectivity index (χ1v) is 4.91. The highest BCUT2D eigenvalue weighted by Crippen LogP contribution is 2.07. The number of amides is 1. The molecule has 1 aromatic rings. The van der Waals surface area contributed by atoms with E-state index in [0.717, 1.165) is 6.08 Å². The molecule has 1 atom stereocenters. The fourth-order valence-electron chi connectivity index (χ4n) is 1.11. The second-order valence-corrected chi connectivity index (χ2v) is 3.36. The summed E-state index contributed by atoms with van der Waals surface area (Å²) < 4.78 is 5.18. The van der Waals surface area contributed by atoms with Crippen molar-refractivity contribution in [2.24, 2.45) is 0 Å². The summed E-state index contributed by atoms with van der Waals surface area (Å²) in [6.45, 7) is 1.11. The Morgan fingerprint density at radius 3 is 2.71 bits per heavy atom. The summed E-state index contributed by atoms with van der Waals surface area (Å²) in [7, 11) is 0. The Balaban J connectivity index is 2.54. The number of hydrogen-bond acceptors (Lipinski definition) is 4. The lowest BCUT2D eigenvalue weighted by Crippen LogP contribution is -2.42. The molecule has 6 heteroatoms. The van der Waals surface area contributed by atoms with E-state index in [4.69, 9.17) is 14.6 Å². The standard InChI is InChI=1S/C11H13NO5/c1-7-2-3-8(17-7)4-5-10(14)12-9(6-13)11(15)16/h2-5,9,13H,6H2,1H3,(H,12,14)(H,15,16)/b5-4+/t9-/m1/s1. The maximum atomic E-state index is 11.3. The Morgan fingerprint density at radius 2 is 2.24 bits per heavy atom. The second-order valence-electron chi connectivity index (χ2n) is 3.36. The zero-order chi connectivity index (χ0) is 12.8. The summed E-state index contributed by atoms with van der Waals surface area (Å²) in [4.78, 5) is 21.8. The van der Waals surface area contributed by atoms with Crippen LogP contribution in [0.2, 0.25) is 0 Å². The van der Waals surface area contributed by atoms with Gasteiger partial charge in [-0.15, -0.1) is 0 Å². The first-order chi connectivity index (χ1) is 8.02. The van der Waals surface area contributed by atoms with Crippen LogP contribution in [-0.2, 0) is 9.59 Å². The van der Waals surface area contributed by atoms with Crippen molar-refractivity contribution in [3.05, 3.63) is 29.7 Å². The predicted octanol–water partition coefficient (Wildman–Crippen LogP) is 0.163. The van der Waals surface area contributed by atoms with Gasteiger partial charge in [0.1, 0.15) is 11.5 Å². The quantitative estimate of drug-likeness (QED) is 0.636. The molecular weight excluding hydrogens is 226 g/mol. The number of furan rings is 1. The molecule has 0 aliphatic rings. The van der Waals surface area contributed by atoms with Crippen molar-refractivity contribution in [1.82, 2.24) is 5.32 Å². The van der Waals surface area contributed by atoms with Crippen LogP contribution in [0.25, 0.3) is 6.08 Å². The highest BCUT2D eigenvalue weighted by molar-refractivity contribution is 5.94. The molecule has 0 unspecified atom stereocenters. The fourth-order valence-corrected chi connectivity index (χ4v) is 1.11. The average Bonchev–Trinajstić information content (AvgIpc) is 2.68. The molecule has 0 bridgehead atoms. The second kappa shape index (κ2) is 5.86. The van der Waals surface area contributed by atoms with Crippen LogP contribution in [0, 0.1) is 6.92 Å². The summed E-state index contributed by atoms with van der Waals surface area (Å²) in [5.41, 5.74) is 0. The first-order valence-electron chi connectivity index (χ1n) is 4.91. The van der Waals surface area contributed by atoms with Crippen LogP contribution in [0.15, 0.2) is 22.6 Å². The number of rotatable bonds is 5. The van der Waals surface area contributed by atoms with Crippen LogP contribution in [0.1, 0.15) is 11.5 Å². The van der Waals surface area contributed by atoms with E-state index < -0.39 is 24.5 Å². The number of carbonyl (C=O) groups is 2. The Bertz CT molecular complexity index is 435. The largest absolute Gasteiger partial charge is 0.480 e. The van der Waals surface area contributed by atoms with Crippen molar-refractivity contribution in [3.63, 3.8) is 0 Å². The van der Waals surface area contributed by atoms with Crippen LogP contribution >= 0.6 is 0 Å². The molecule has 1 rings (SSSR count). The van der Waals surface area contributed by atoms with Crippen molar-refractivity contribution in [2.45, 2.75) is 13.0 Å². The minimum atomic E-state index is -1.30. The fraction of sp³-hybridized carbons (Fsp3) is 0.273. The van der Waals surface area contributed by atoms with E-state index in [1.807, 2.05) is 0 Å². The maximum Gasteiger partial charge on any atom is 0.328 e.